The summed E-state index contributed by atoms with van der Waals surface area (Å²) in [4.78, 5) is 26.3. The van der Waals surface area contributed by atoms with Crippen LogP contribution in [0.15, 0.2) is 18.3 Å². The molecule has 0 bridgehead atoms. The summed E-state index contributed by atoms with van der Waals surface area (Å²) in [7, 11) is 0. The minimum Gasteiger partial charge on any atom is -0.480 e. The topological polar surface area (TPSA) is 79.3 Å². The lowest BCUT2D eigenvalue weighted by atomic mass is 10.1. The second-order valence-electron chi connectivity index (χ2n) is 5.84. The van der Waals surface area contributed by atoms with Crippen LogP contribution in [-0.4, -0.2) is 28.5 Å². The monoisotopic (exact) mass is 320 g/mol. The number of carbonyl (C=O) groups is 2. The minimum absolute atomic E-state index is 0.376. The molecule has 0 saturated heterocycles. The number of nitrogens with zero attached hydrogens (tertiary/aromatic N) is 1. The first-order chi connectivity index (χ1) is 11.1. The molecule has 1 heterocycles. The third-order valence-electron chi connectivity index (χ3n) is 3.77. The number of pyridine rings is 1. The van der Waals surface area contributed by atoms with Crippen molar-refractivity contribution >= 4 is 11.9 Å². The highest BCUT2D eigenvalue weighted by atomic mass is 16.4. The number of carbonyl (C=O) groups excluding carboxylic acids is 1. The van der Waals surface area contributed by atoms with Gasteiger partial charge in [-0.15, -0.1) is 0 Å². The minimum atomic E-state index is -1.06. The number of aliphatic carboxylic acids is 1. The van der Waals surface area contributed by atoms with Gasteiger partial charge in [-0.3, -0.25) is 14.6 Å². The van der Waals surface area contributed by atoms with Crippen molar-refractivity contribution in [2.45, 2.75) is 64.7 Å². The summed E-state index contributed by atoms with van der Waals surface area (Å²) in [5, 5.41) is 10.8. The van der Waals surface area contributed by atoms with Gasteiger partial charge in [-0.25, -0.2) is 0 Å². The van der Waals surface area contributed by atoms with E-state index in [4.69, 9.17) is 5.11 Å². The molecule has 0 fully saturated rings. The van der Waals surface area contributed by atoms with Crippen LogP contribution in [0.3, 0.4) is 0 Å². The number of nitrogens with one attached hydrogen (secondary N) is 1. The summed E-state index contributed by atoms with van der Waals surface area (Å²) < 4.78 is 0. The maximum absolute atomic E-state index is 11.7. The van der Waals surface area contributed by atoms with Gasteiger partial charge in [-0.1, -0.05) is 51.9 Å². The van der Waals surface area contributed by atoms with Crippen LogP contribution in [0.5, 0.6) is 0 Å². The van der Waals surface area contributed by atoms with Crippen molar-refractivity contribution in [3.05, 3.63) is 29.6 Å². The van der Waals surface area contributed by atoms with Gasteiger partial charge >= 0.3 is 5.97 Å². The van der Waals surface area contributed by atoms with E-state index >= 15 is 0 Å². The number of hydrogen-bond donors (Lipinski definition) is 2. The molecule has 1 aromatic rings. The first-order valence-corrected chi connectivity index (χ1v) is 8.58. The van der Waals surface area contributed by atoms with Crippen LogP contribution in [0.1, 0.15) is 74.3 Å². The number of carboxylic acids is 1. The summed E-state index contributed by atoms with van der Waals surface area (Å²) in [5.74, 6) is -1.46. The summed E-state index contributed by atoms with van der Waals surface area (Å²) in [6, 6.07) is 3.54. The van der Waals surface area contributed by atoms with E-state index in [1.165, 1.54) is 51.1 Å². The van der Waals surface area contributed by atoms with Gasteiger partial charge in [0.05, 0.1) is 5.56 Å². The third-order valence-corrected chi connectivity index (χ3v) is 3.77. The van der Waals surface area contributed by atoms with Crippen molar-refractivity contribution in [1.29, 1.82) is 0 Å². The van der Waals surface area contributed by atoms with Crippen molar-refractivity contribution < 1.29 is 14.7 Å². The fourth-order valence-corrected chi connectivity index (χ4v) is 2.40. The average molecular weight is 320 g/mol. The van der Waals surface area contributed by atoms with E-state index < -0.39 is 11.9 Å². The molecular weight excluding hydrogens is 292 g/mol. The van der Waals surface area contributed by atoms with Crippen molar-refractivity contribution in [3.63, 3.8) is 0 Å². The highest BCUT2D eigenvalue weighted by molar-refractivity contribution is 5.95. The SMILES string of the molecule is CCCCCCCCCCc1ccc(C(=O)NCC(=O)O)cn1. The zero-order valence-corrected chi connectivity index (χ0v) is 14.0. The van der Waals surface area contributed by atoms with Gasteiger partial charge in [0.1, 0.15) is 6.54 Å². The number of amides is 1. The standard InChI is InChI=1S/C18H28N2O3/c1-2-3-4-5-6-7-8-9-10-16-12-11-15(13-19-16)18(23)20-14-17(21)22/h11-13H,2-10,14H2,1H3,(H,20,23)(H,21,22). The number of hydrogen-bond acceptors (Lipinski definition) is 3. The van der Waals surface area contributed by atoms with E-state index in [-0.39, 0.29) is 6.54 Å². The Morgan fingerprint density at radius 1 is 1.04 bits per heavy atom. The Morgan fingerprint density at radius 3 is 2.26 bits per heavy atom. The first kappa shape index (κ1) is 19.1. The molecule has 0 aliphatic carbocycles. The van der Waals surface area contributed by atoms with Gasteiger partial charge in [-0.2, -0.15) is 0 Å². The lowest BCUT2D eigenvalue weighted by molar-refractivity contribution is -0.135. The number of unbranched alkanes of at least 4 members (excludes halogenated alkanes) is 7. The Balaban J connectivity index is 2.18. The summed E-state index contributed by atoms with van der Waals surface area (Å²) in [5.41, 5.74) is 1.37. The van der Waals surface area contributed by atoms with Gasteiger partial charge in [0.25, 0.3) is 5.91 Å². The molecule has 1 rings (SSSR count). The van der Waals surface area contributed by atoms with E-state index in [2.05, 4.69) is 17.2 Å². The molecule has 0 aliphatic heterocycles. The van der Waals surface area contributed by atoms with Crippen LogP contribution < -0.4 is 5.32 Å². The number of rotatable bonds is 12. The zero-order chi connectivity index (χ0) is 16.9. The quantitative estimate of drug-likeness (QED) is 0.577. The van der Waals surface area contributed by atoms with Crippen molar-refractivity contribution in [3.8, 4) is 0 Å². The summed E-state index contributed by atoms with van der Waals surface area (Å²) >= 11 is 0. The zero-order valence-electron chi connectivity index (χ0n) is 14.0. The van der Waals surface area contributed by atoms with Gasteiger partial charge in [-0.05, 0) is 25.0 Å². The molecule has 0 atom stereocenters. The molecule has 0 aromatic carbocycles. The molecule has 2 N–H and O–H groups in total. The van der Waals surface area contributed by atoms with E-state index in [1.807, 2.05) is 6.07 Å². The van der Waals surface area contributed by atoms with Crippen LogP contribution in [-0.2, 0) is 11.2 Å². The van der Waals surface area contributed by atoms with Crippen LogP contribution in [0.4, 0.5) is 0 Å². The van der Waals surface area contributed by atoms with Gasteiger partial charge in [0.15, 0.2) is 0 Å². The molecule has 5 heteroatoms. The molecule has 0 radical (unpaired) electrons. The van der Waals surface area contributed by atoms with Crippen LogP contribution >= 0.6 is 0 Å². The Bertz CT molecular complexity index is 472. The van der Waals surface area contributed by atoms with E-state index in [9.17, 15) is 9.59 Å². The van der Waals surface area contributed by atoms with Gasteiger partial charge < -0.3 is 10.4 Å². The molecule has 1 aromatic heterocycles. The second kappa shape index (κ2) is 11.6. The molecule has 0 unspecified atom stereocenters. The van der Waals surface area contributed by atoms with Crippen LogP contribution in [0, 0.1) is 0 Å². The molecule has 0 saturated carbocycles. The Hall–Kier alpha value is -1.91. The Morgan fingerprint density at radius 2 is 1.70 bits per heavy atom. The summed E-state index contributed by atoms with van der Waals surface area (Å²) in [6.07, 6.45) is 12.7. The van der Waals surface area contributed by atoms with E-state index in [1.54, 1.807) is 6.07 Å². The smallest absolute Gasteiger partial charge is 0.322 e. The Kier molecular flexibility index (Phi) is 9.68. The highest BCUT2D eigenvalue weighted by Crippen LogP contribution is 2.10. The predicted molar refractivity (Wildman–Crippen MR) is 90.5 cm³/mol. The maximum Gasteiger partial charge on any atom is 0.322 e. The van der Waals surface area contributed by atoms with Crippen LogP contribution in [0.2, 0.25) is 0 Å². The van der Waals surface area contributed by atoms with E-state index in [0.29, 0.717) is 5.56 Å². The fraction of sp³-hybridized carbons (Fsp3) is 0.611. The highest BCUT2D eigenvalue weighted by Gasteiger charge is 2.07. The lowest BCUT2D eigenvalue weighted by Crippen LogP contribution is -2.29. The molecule has 5 nitrogen and oxygen atoms in total. The lowest BCUT2D eigenvalue weighted by Gasteiger charge is -2.04. The van der Waals surface area contributed by atoms with E-state index in [0.717, 1.165) is 18.5 Å². The first-order valence-electron chi connectivity index (χ1n) is 8.58. The molecule has 0 spiro atoms. The fourth-order valence-electron chi connectivity index (χ4n) is 2.40. The van der Waals surface area contributed by atoms with Crippen molar-refractivity contribution in [2.75, 3.05) is 6.54 Å². The van der Waals surface area contributed by atoms with Crippen molar-refractivity contribution in [2.24, 2.45) is 0 Å². The molecule has 23 heavy (non-hydrogen) atoms. The number of carboxylic acid groups (broad SMARTS) is 1. The van der Waals surface area contributed by atoms with Gasteiger partial charge in [0, 0.05) is 11.9 Å². The third kappa shape index (κ3) is 8.96. The Labute approximate surface area is 138 Å². The van der Waals surface area contributed by atoms with Gasteiger partial charge in [0.2, 0.25) is 0 Å². The summed E-state index contributed by atoms with van der Waals surface area (Å²) in [6.45, 7) is 1.85. The molecular formula is C18H28N2O3. The maximum atomic E-state index is 11.7. The predicted octanol–water partition coefficient (Wildman–Crippen LogP) is 3.58. The average Bonchev–Trinajstić information content (AvgIpc) is 2.55. The molecule has 128 valence electrons. The normalized spacial score (nSPS) is 10.5. The molecule has 1 amide bonds. The second-order valence-corrected chi connectivity index (χ2v) is 5.84. The molecule has 0 aliphatic rings. The largest absolute Gasteiger partial charge is 0.480 e. The van der Waals surface area contributed by atoms with Crippen LogP contribution in [0.25, 0.3) is 0 Å². The number of aromatic nitrogens is 1. The van der Waals surface area contributed by atoms with Crippen molar-refractivity contribution in [1.82, 2.24) is 10.3 Å². The number of aryl methyl sites for hydroxylation is 1.